The molecule has 0 radical (unpaired) electrons. The summed E-state index contributed by atoms with van der Waals surface area (Å²) in [6.07, 6.45) is 3.93. The molecule has 0 saturated carbocycles. The van der Waals surface area contributed by atoms with Crippen LogP contribution in [0.2, 0.25) is 0 Å². The first kappa shape index (κ1) is 13.8. The van der Waals surface area contributed by atoms with Crippen LogP contribution in [0.3, 0.4) is 0 Å². The first-order chi connectivity index (χ1) is 10.3. The average Bonchev–Trinajstić information content (AvgIpc) is 2.50. The maximum atomic E-state index is 5.60. The molecule has 2 heterocycles. The van der Waals surface area contributed by atoms with Crippen molar-refractivity contribution in [2.75, 3.05) is 24.1 Å². The highest BCUT2D eigenvalue weighted by atomic mass is 15.2. The number of piperidine rings is 1. The fourth-order valence-corrected chi connectivity index (χ4v) is 2.74. The molecule has 110 valence electrons. The summed E-state index contributed by atoms with van der Waals surface area (Å²) >= 11 is 0. The zero-order valence-corrected chi connectivity index (χ0v) is 12.1. The second-order valence-corrected chi connectivity index (χ2v) is 5.48. The minimum absolute atomic E-state index is 0.321. The maximum absolute atomic E-state index is 5.60. The summed E-state index contributed by atoms with van der Waals surface area (Å²) in [5, 5.41) is 3.45. The molecule has 0 atom stereocenters. The van der Waals surface area contributed by atoms with Crippen LogP contribution in [-0.2, 0) is 6.54 Å². The van der Waals surface area contributed by atoms with Crippen molar-refractivity contribution in [3.63, 3.8) is 0 Å². The van der Waals surface area contributed by atoms with Crippen molar-refractivity contribution in [3.05, 3.63) is 48.2 Å². The van der Waals surface area contributed by atoms with E-state index in [0.29, 0.717) is 12.0 Å². The zero-order valence-electron chi connectivity index (χ0n) is 12.1. The van der Waals surface area contributed by atoms with E-state index < -0.39 is 0 Å². The first-order valence-corrected chi connectivity index (χ1v) is 7.41. The van der Waals surface area contributed by atoms with Crippen molar-refractivity contribution >= 4 is 11.8 Å². The van der Waals surface area contributed by atoms with Crippen LogP contribution in [-0.4, -0.2) is 34.0 Å². The number of anilines is 2. The Hall–Kier alpha value is -2.14. The lowest BCUT2D eigenvalue weighted by Gasteiger charge is -2.32. The van der Waals surface area contributed by atoms with E-state index in [0.717, 1.165) is 38.3 Å². The van der Waals surface area contributed by atoms with Gasteiger partial charge in [-0.3, -0.25) is 4.90 Å². The largest absolute Gasteiger partial charge is 0.368 e. The van der Waals surface area contributed by atoms with Crippen molar-refractivity contribution in [1.82, 2.24) is 14.9 Å². The van der Waals surface area contributed by atoms with Crippen LogP contribution in [0.25, 0.3) is 0 Å². The third-order valence-electron chi connectivity index (χ3n) is 3.86. The molecule has 0 unspecified atom stereocenters. The lowest BCUT2D eigenvalue weighted by Crippen LogP contribution is -2.38. The Balaban J connectivity index is 1.49. The molecule has 1 aliphatic rings. The number of nitrogens with two attached hydrogens (primary N) is 1. The highest BCUT2D eigenvalue weighted by Crippen LogP contribution is 2.17. The zero-order chi connectivity index (χ0) is 14.5. The normalized spacial score (nSPS) is 16.8. The molecule has 21 heavy (non-hydrogen) atoms. The van der Waals surface area contributed by atoms with Gasteiger partial charge in [0.05, 0.1) is 0 Å². The molecule has 1 fully saturated rings. The second-order valence-electron chi connectivity index (χ2n) is 5.48. The molecule has 0 aliphatic carbocycles. The van der Waals surface area contributed by atoms with Crippen molar-refractivity contribution < 1.29 is 0 Å². The summed E-state index contributed by atoms with van der Waals surface area (Å²) in [7, 11) is 0. The maximum Gasteiger partial charge on any atom is 0.221 e. The Bertz CT molecular complexity index is 564. The monoisotopic (exact) mass is 283 g/mol. The predicted octanol–water partition coefficient (Wildman–Crippen LogP) is 2.14. The van der Waals surface area contributed by atoms with Gasteiger partial charge in [-0.05, 0) is 24.5 Å². The third-order valence-corrected chi connectivity index (χ3v) is 3.86. The van der Waals surface area contributed by atoms with Gasteiger partial charge in [0.1, 0.15) is 5.82 Å². The van der Waals surface area contributed by atoms with Crippen LogP contribution in [0.15, 0.2) is 42.6 Å². The summed E-state index contributed by atoms with van der Waals surface area (Å²) in [4.78, 5) is 10.6. The van der Waals surface area contributed by atoms with Gasteiger partial charge in [-0.15, -0.1) is 0 Å². The first-order valence-electron chi connectivity index (χ1n) is 7.41. The van der Waals surface area contributed by atoms with E-state index in [9.17, 15) is 0 Å². The molecule has 1 saturated heterocycles. The van der Waals surface area contributed by atoms with Crippen molar-refractivity contribution in [2.24, 2.45) is 0 Å². The Kier molecular flexibility index (Phi) is 4.31. The van der Waals surface area contributed by atoms with E-state index in [1.807, 2.05) is 6.07 Å². The van der Waals surface area contributed by atoms with Crippen LogP contribution in [0.4, 0.5) is 11.8 Å². The fourth-order valence-electron chi connectivity index (χ4n) is 2.74. The summed E-state index contributed by atoms with van der Waals surface area (Å²) in [5.41, 5.74) is 6.98. The summed E-state index contributed by atoms with van der Waals surface area (Å²) in [6.45, 7) is 3.24. The number of hydrogen-bond donors (Lipinski definition) is 2. The van der Waals surface area contributed by atoms with Gasteiger partial charge in [0, 0.05) is 31.9 Å². The Morgan fingerprint density at radius 2 is 1.90 bits per heavy atom. The third kappa shape index (κ3) is 3.92. The van der Waals surface area contributed by atoms with Gasteiger partial charge in [0.15, 0.2) is 0 Å². The lowest BCUT2D eigenvalue weighted by atomic mass is 10.0. The van der Waals surface area contributed by atoms with E-state index in [2.05, 4.69) is 50.5 Å². The van der Waals surface area contributed by atoms with Crippen molar-refractivity contribution in [1.29, 1.82) is 0 Å². The summed E-state index contributed by atoms with van der Waals surface area (Å²) < 4.78 is 0. The number of hydrogen-bond acceptors (Lipinski definition) is 5. The number of rotatable bonds is 4. The fraction of sp³-hybridized carbons (Fsp3) is 0.375. The number of aromatic nitrogens is 2. The highest BCUT2D eigenvalue weighted by molar-refractivity contribution is 5.38. The minimum Gasteiger partial charge on any atom is -0.368 e. The molecule has 5 nitrogen and oxygen atoms in total. The van der Waals surface area contributed by atoms with E-state index in [1.165, 1.54) is 5.56 Å². The van der Waals surface area contributed by atoms with Crippen molar-refractivity contribution in [3.8, 4) is 0 Å². The molecule has 1 aromatic heterocycles. The van der Waals surface area contributed by atoms with Crippen LogP contribution >= 0.6 is 0 Å². The molecule has 0 bridgehead atoms. The van der Waals surface area contributed by atoms with Crippen LogP contribution in [0, 0.1) is 0 Å². The van der Waals surface area contributed by atoms with Gasteiger partial charge < -0.3 is 11.1 Å². The second kappa shape index (κ2) is 6.54. The van der Waals surface area contributed by atoms with Gasteiger partial charge in [0.2, 0.25) is 5.95 Å². The molecule has 3 rings (SSSR count). The smallest absolute Gasteiger partial charge is 0.221 e. The van der Waals surface area contributed by atoms with Gasteiger partial charge in [-0.2, -0.15) is 4.98 Å². The van der Waals surface area contributed by atoms with E-state index in [4.69, 9.17) is 5.73 Å². The number of nitrogens with zero attached hydrogens (tertiary/aromatic N) is 3. The summed E-state index contributed by atoms with van der Waals surface area (Å²) in [6, 6.07) is 13.0. The Morgan fingerprint density at radius 3 is 2.62 bits per heavy atom. The number of likely N-dealkylation sites (tertiary alicyclic amines) is 1. The molecule has 0 spiro atoms. The minimum atomic E-state index is 0.321. The van der Waals surface area contributed by atoms with Crippen molar-refractivity contribution in [2.45, 2.75) is 25.4 Å². The topological polar surface area (TPSA) is 67.1 Å². The number of benzene rings is 1. The van der Waals surface area contributed by atoms with Crippen LogP contribution < -0.4 is 11.1 Å². The van der Waals surface area contributed by atoms with Gasteiger partial charge >= 0.3 is 0 Å². The van der Waals surface area contributed by atoms with Gasteiger partial charge in [-0.1, -0.05) is 30.3 Å². The lowest BCUT2D eigenvalue weighted by molar-refractivity contribution is 0.211. The molecule has 1 aromatic carbocycles. The van der Waals surface area contributed by atoms with Crippen LogP contribution in [0.5, 0.6) is 0 Å². The quantitative estimate of drug-likeness (QED) is 0.900. The number of nitrogens with one attached hydrogen (secondary N) is 1. The Labute approximate surface area is 125 Å². The van der Waals surface area contributed by atoms with Gasteiger partial charge in [-0.25, -0.2) is 4.98 Å². The van der Waals surface area contributed by atoms with Crippen LogP contribution in [0.1, 0.15) is 18.4 Å². The number of nitrogen functional groups attached to an aromatic ring is 1. The molecule has 5 heteroatoms. The SMILES string of the molecule is Nc1nccc(NC2CCN(Cc3ccccc3)CC2)n1. The van der Waals surface area contributed by atoms with E-state index in [1.54, 1.807) is 6.20 Å². The highest BCUT2D eigenvalue weighted by Gasteiger charge is 2.19. The van der Waals surface area contributed by atoms with E-state index >= 15 is 0 Å². The summed E-state index contributed by atoms with van der Waals surface area (Å²) in [5.74, 6) is 1.14. The molecular formula is C16H21N5. The molecular weight excluding hydrogens is 262 g/mol. The molecule has 1 aliphatic heterocycles. The standard InChI is InChI=1S/C16H21N5/c17-16-18-9-6-15(20-16)19-14-7-10-21(11-8-14)12-13-4-2-1-3-5-13/h1-6,9,14H,7-8,10-12H2,(H3,17,18,19,20). The molecule has 0 amide bonds. The van der Waals surface area contributed by atoms with E-state index in [-0.39, 0.29) is 0 Å². The predicted molar refractivity (Wildman–Crippen MR) is 84.8 cm³/mol. The Morgan fingerprint density at radius 1 is 1.14 bits per heavy atom. The average molecular weight is 283 g/mol. The molecule has 2 aromatic rings. The van der Waals surface area contributed by atoms with Gasteiger partial charge in [0.25, 0.3) is 0 Å². The molecule has 3 N–H and O–H groups in total.